The summed E-state index contributed by atoms with van der Waals surface area (Å²) in [6.07, 6.45) is 1.71. The summed E-state index contributed by atoms with van der Waals surface area (Å²) in [5, 5.41) is 12.1. The Morgan fingerprint density at radius 1 is 1.29 bits per heavy atom. The van der Waals surface area contributed by atoms with Gasteiger partial charge in [-0.1, -0.05) is 0 Å². The van der Waals surface area contributed by atoms with Crippen molar-refractivity contribution in [2.75, 3.05) is 7.11 Å². The summed E-state index contributed by atoms with van der Waals surface area (Å²) in [6, 6.07) is -0.0600. The summed E-state index contributed by atoms with van der Waals surface area (Å²) in [6.45, 7) is 0. The van der Waals surface area contributed by atoms with Crippen LogP contribution in [0.4, 0.5) is 0 Å². The van der Waals surface area contributed by atoms with E-state index >= 15 is 0 Å². The van der Waals surface area contributed by atoms with Crippen molar-refractivity contribution in [2.45, 2.75) is 24.9 Å². The molecule has 0 spiro atoms. The highest BCUT2D eigenvalue weighted by molar-refractivity contribution is 5.83. The third-order valence-electron chi connectivity index (χ3n) is 3.23. The minimum Gasteiger partial charge on any atom is -0.481 e. The molecule has 0 aromatic rings. The minimum atomic E-state index is -0.903. The van der Waals surface area contributed by atoms with Crippen LogP contribution in [0.2, 0.25) is 0 Å². The zero-order valence-electron chi connectivity index (χ0n) is 7.90. The Kier molecular flexibility index (Phi) is 2.19. The van der Waals surface area contributed by atoms with Gasteiger partial charge in [-0.15, -0.1) is 0 Å². The van der Waals surface area contributed by atoms with Crippen molar-refractivity contribution in [2.24, 2.45) is 11.8 Å². The van der Waals surface area contributed by atoms with E-state index < -0.39 is 23.8 Å². The SMILES string of the molecule is COC(=O)[C@@H]1[C@H](C(=O)O)[C@@H]2CC[C@H]1N2. The number of nitrogens with one attached hydrogen (secondary N) is 1. The number of fused-ring (bicyclic) bond motifs is 2. The van der Waals surface area contributed by atoms with Crippen molar-refractivity contribution in [3.05, 3.63) is 0 Å². The molecule has 0 aliphatic carbocycles. The van der Waals surface area contributed by atoms with Crippen molar-refractivity contribution in [3.63, 3.8) is 0 Å². The number of hydrogen-bond donors (Lipinski definition) is 2. The maximum absolute atomic E-state index is 11.4. The van der Waals surface area contributed by atoms with Gasteiger partial charge in [0.25, 0.3) is 0 Å². The molecule has 5 nitrogen and oxygen atoms in total. The number of carbonyl (C=O) groups excluding carboxylic acids is 1. The Hall–Kier alpha value is -1.10. The van der Waals surface area contributed by atoms with E-state index in [1.165, 1.54) is 7.11 Å². The number of carbonyl (C=O) groups is 2. The predicted octanol–water partition coefficient (Wildman–Crippen LogP) is -0.389. The number of ether oxygens (including phenoxy) is 1. The van der Waals surface area contributed by atoms with Gasteiger partial charge in [0.1, 0.15) is 0 Å². The Balaban J connectivity index is 2.21. The largest absolute Gasteiger partial charge is 0.481 e. The quantitative estimate of drug-likeness (QED) is 0.592. The standard InChI is InChI=1S/C9H13NO4/c1-14-9(13)7-5-3-2-4(10-5)6(7)8(11)12/h4-7,10H,2-3H2,1H3,(H,11,12)/t4-,5+,6+,7-/m0/s1. The average Bonchev–Trinajstić information content (AvgIpc) is 2.74. The average molecular weight is 199 g/mol. The second-order valence-corrected chi connectivity index (χ2v) is 3.87. The molecular weight excluding hydrogens is 186 g/mol. The van der Waals surface area contributed by atoms with Crippen LogP contribution in [0.5, 0.6) is 0 Å². The first-order chi connectivity index (χ1) is 6.65. The molecule has 4 atom stereocenters. The van der Waals surface area contributed by atoms with Crippen molar-refractivity contribution >= 4 is 11.9 Å². The number of esters is 1. The number of carboxylic acid groups (broad SMARTS) is 1. The fraction of sp³-hybridized carbons (Fsp3) is 0.778. The van der Waals surface area contributed by atoms with Gasteiger partial charge in [0.05, 0.1) is 18.9 Å². The lowest BCUT2D eigenvalue weighted by Gasteiger charge is -2.23. The molecule has 14 heavy (non-hydrogen) atoms. The van der Waals surface area contributed by atoms with Gasteiger partial charge in [-0.25, -0.2) is 0 Å². The van der Waals surface area contributed by atoms with E-state index in [9.17, 15) is 9.59 Å². The molecule has 0 aromatic carbocycles. The molecule has 0 unspecified atom stereocenters. The molecule has 0 aromatic heterocycles. The lowest BCUT2D eigenvalue weighted by molar-refractivity contribution is -0.156. The highest BCUT2D eigenvalue weighted by atomic mass is 16.5. The molecule has 2 bridgehead atoms. The predicted molar refractivity (Wildman–Crippen MR) is 46.6 cm³/mol. The van der Waals surface area contributed by atoms with Gasteiger partial charge in [-0.05, 0) is 12.8 Å². The number of carboxylic acids is 1. The van der Waals surface area contributed by atoms with Gasteiger partial charge < -0.3 is 15.2 Å². The Labute approximate surface area is 81.4 Å². The van der Waals surface area contributed by atoms with Gasteiger partial charge >= 0.3 is 11.9 Å². The monoisotopic (exact) mass is 199 g/mol. The van der Waals surface area contributed by atoms with Crippen LogP contribution in [0.3, 0.4) is 0 Å². The van der Waals surface area contributed by atoms with E-state index in [-0.39, 0.29) is 12.1 Å². The lowest BCUT2D eigenvalue weighted by atomic mass is 9.79. The third-order valence-corrected chi connectivity index (χ3v) is 3.23. The molecule has 0 radical (unpaired) electrons. The molecule has 2 rings (SSSR count). The van der Waals surface area contributed by atoms with Crippen molar-refractivity contribution in [1.29, 1.82) is 0 Å². The van der Waals surface area contributed by atoms with Crippen LogP contribution in [-0.4, -0.2) is 36.2 Å². The Morgan fingerprint density at radius 3 is 2.36 bits per heavy atom. The molecular formula is C9H13NO4. The smallest absolute Gasteiger partial charge is 0.311 e. The van der Waals surface area contributed by atoms with Crippen LogP contribution in [0.1, 0.15) is 12.8 Å². The second kappa shape index (κ2) is 3.24. The zero-order valence-corrected chi connectivity index (χ0v) is 7.90. The van der Waals surface area contributed by atoms with Crippen LogP contribution in [0.15, 0.2) is 0 Å². The fourth-order valence-electron chi connectivity index (χ4n) is 2.64. The van der Waals surface area contributed by atoms with E-state index in [1.807, 2.05) is 0 Å². The maximum Gasteiger partial charge on any atom is 0.311 e. The van der Waals surface area contributed by atoms with Crippen LogP contribution in [-0.2, 0) is 14.3 Å². The molecule has 2 saturated heterocycles. The van der Waals surface area contributed by atoms with E-state index in [4.69, 9.17) is 5.11 Å². The molecule has 2 fully saturated rings. The molecule has 2 aliphatic rings. The van der Waals surface area contributed by atoms with Gasteiger partial charge in [-0.2, -0.15) is 0 Å². The normalized spacial score (nSPS) is 39.8. The molecule has 5 heteroatoms. The van der Waals surface area contributed by atoms with E-state index in [2.05, 4.69) is 10.1 Å². The van der Waals surface area contributed by atoms with E-state index in [0.717, 1.165) is 12.8 Å². The zero-order chi connectivity index (χ0) is 10.3. The Bertz CT molecular complexity index is 278. The van der Waals surface area contributed by atoms with Crippen LogP contribution in [0.25, 0.3) is 0 Å². The lowest BCUT2D eigenvalue weighted by Crippen LogP contribution is -2.38. The van der Waals surface area contributed by atoms with E-state index in [1.54, 1.807) is 0 Å². The van der Waals surface area contributed by atoms with Gasteiger partial charge in [0.15, 0.2) is 0 Å². The molecule has 2 heterocycles. The summed E-state index contributed by atoms with van der Waals surface area (Å²) in [5.74, 6) is -2.42. The first kappa shape index (κ1) is 9.45. The summed E-state index contributed by atoms with van der Waals surface area (Å²) in [5.41, 5.74) is 0. The number of rotatable bonds is 2. The number of aliphatic carboxylic acids is 1. The second-order valence-electron chi connectivity index (χ2n) is 3.87. The molecule has 0 amide bonds. The highest BCUT2D eigenvalue weighted by Gasteiger charge is 2.54. The van der Waals surface area contributed by atoms with Gasteiger partial charge in [0, 0.05) is 12.1 Å². The highest BCUT2D eigenvalue weighted by Crippen LogP contribution is 2.39. The third kappa shape index (κ3) is 1.19. The summed E-state index contributed by atoms with van der Waals surface area (Å²) in [4.78, 5) is 22.4. The van der Waals surface area contributed by atoms with Crippen LogP contribution < -0.4 is 5.32 Å². The molecule has 2 N–H and O–H groups in total. The maximum atomic E-state index is 11.4. The summed E-state index contributed by atoms with van der Waals surface area (Å²) in [7, 11) is 1.30. The molecule has 0 saturated carbocycles. The van der Waals surface area contributed by atoms with Gasteiger partial charge in [0.2, 0.25) is 0 Å². The van der Waals surface area contributed by atoms with Crippen LogP contribution >= 0.6 is 0 Å². The number of methoxy groups -OCH3 is 1. The first-order valence-electron chi connectivity index (χ1n) is 4.72. The van der Waals surface area contributed by atoms with Crippen molar-refractivity contribution in [1.82, 2.24) is 5.32 Å². The topological polar surface area (TPSA) is 75.6 Å². The van der Waals surface area contributed by atoms with E-state index in [0.29, 0.717) is 0 Å². The summed E-state index contributed by atoms with van der Waals surface area (Å²) < 4.78 is 4.62. The van der Waals surface area contributed by atoms with Gasteiger partial charge in [-0.3, -0.25) is 9.59 Å². The Morgan fingerprint density at radius 2 is 1.86 bits per heavy atom. The minimum absolute atomic E-state index is 0.00597. The van der Waals surface area contributed by atoms with Crippen molar-refractivity contribution in [3.8, 4) is 0 Å². The molecule has 2 aliphatic heterocycles. The first-order valence-corrected chi connectivity index (χ1v) is 4.72. The van der Waals surface area contributed by atoms with Crippen LogP contribution in [0, 0.1) is 11.8 Å². The fourth-order valence-corrected chi connectivity index (χ4v) is 2.64. The molecule has 78 valence electrons. The summed E-state index contributed by atoms with van der Waals surface area (Å²) >= 11 is 0. The number of hydrogen-bond acceptors (Lipinski definition) is 4. The van der Waals surface area contributed by atoms with Crippen molar-refractivity contribution < 1.29 is 19.4 Å².